The van der Waals surface area contributed by atoms with Crippen molar-refractivity contribution in [2.45, 2.75) is 39.0 Å². The van der Waals surface area contributed by atoms with E-state index in [1.165, 1.54) is 11.3 Å². The van der Waals surface area contributed by atoms with E-state index in [2.05, 4.69) is 15.9 Å². The average molecular weight is 487 g/mol. The lowest BCUT2D eigenvalue weighted by Crippen LogP contribution is -2.40. The second kappa shape index (κ2) is 8.40. The maximum atomic E-state index is 13.2. The minimum Gasteiger partial charge on any atom is -0.463 e. The molecule has 0 spiro atoms. The Labute approximate surface area is 188 Å². The van der Waals surface area contributed by atoms with E-state index in [9.17, 15) is 9.59 Å². The molecule has 1 atom stereocenters. The largest absolute Gasteiger partial charge is 0.463 e. The monoisotopic (exact) mass is 486 g/mol. The van der Waals surface area contributed by atoms with Crippen LogP contribution in [0.1, 0.15) is 42.5 Å². The van der Waals surface area contributed by atoms with E-state index in [0.29, 0.717) is 23.4 Å². The summed E-state index contributed by atoms with van der Waals surface area (Å²) in [4.78, 5) is 29.0. The number of carbonyl (C=O) groups excluding carboxylic acids is 2. The van der Waals surface area contributed by atoms with Gasteiger partial charge in [0.1, 0.15) is 5.82 Å². The third kappa shape index (κ3) is 3.61. The van der Waals surface area contributed by atoms with Gasteiger partial charge in [-0.05, 0) is 66.9 Å². The Balaban J connectivity index is 1.97. The molecule has 1 aliphatic heterocycles. The highest BCUT2D eigenvalue weighted by Gasteiger charge is 2.43. The van der Waals surface area contributed by atoms with Crippen molar-refractivity contribution in [3.8, 4) is 0 Å². The van der Waals surface area contributed by atoms with Gasteiger partial charge in [0.2, 0.25) is 0 Å². The summed E-state index contributed by atoms with van der Waals surface area (Å²) < 4.78 is 6.32. The molecule has 0 saturated heterocycles. The van der Waals surface area contributed by atoms with Crippen LogP contribution in [0.15, 0.2) is 62.8 Å². The molecule has 7 heteroatoms. The number of rotatable bonds is 4. The lowest BCUT2D eigenvalue weighted by Gasteiger charge is -2.40. The molecule has 1 aromatic carbocycles. The maximum Gasteiger partial charge on any atom is 0.338 e. The van der Waals surface area contributed by atoms with E-state index in [4.69, 9.17) is 10.5 Å². The van der Waals surface area contributed by atoms with E-state index >= 15 is 0 Å². The van der Waals surface area contributed by atoms with Crippen molar-refractivity contribution >= 4 is 44.7 Å². The number of ketones is 1. The van der Waals surface area contributed by atoms with E-state index < -0.39 is 11.9 Å². The fraction of sp³-hybridized carbons (Fsp3) is 0.304. The van der Waals surface area contributed by atoms with Crippen LogP contribution in [0.5, 0.6) is 0 Å². The molecule has 2 aliphatic rings. The third-order valence-electron chi connectivity index (χ3n) is 5.46. The number of anilines is 1. The number of carbonyl (C=O) groups is 2. The van der Waals surface area contributed by atoms with Crippen molar-refractivity contribution < 1.29 is 14.3 Å². The lowest BCUT2D eigenvalue weighted by atomic mass is 9.77. The zero-order chi connectivity index (χ0) is 21.4. The van der Waals surface area contributed by atoms with E-state index in [1.807, 2.05) is 48.2 Å². The summed E-state index contributed by atoms with van der Waals surface area (Å²) in [6.07, 6.45) is 1.97. The van der Waals surface area contributed by atoms with Crippen molar-refractivity contribution in [3.63, 3.8) is 0 Å². The summed E-state index contributed by atoms with van der Waals surface area (Å²) in [5, 5.41) is 0. The fourth-order valence-electron chi connectivity index (χ4n) is 4.15. The number of nitrogens with zero attached hydrogens (tertiary/aromatic N) is 1. The van der Waals surface area contributed by atoms with Crippen molar-refractivity contribution in [1.82, 2.24) is 0 Å². The van der Waals surface area contributed by atoms with Gasteiger partial charge in [0.15, 0.2) is 5.78 Å². The van der Waals surface area contributed by atoms with Crippen molar-refractivity contribution in [3.05, 3.63) is 73.3 Å². The molecule has 30 heavy (non-hydrogen) atoms. The summed E-state index contributed by atoms with van der Waals surface area (Å²) in [7, 11) is 0. The minimum atomic E-state index is -0.509. The minimum absolute atomic E-state index is 0.0668. The van der Waals surface area contributed by atoms with Gasteiger partial charge >= 0.3 is 5.97 Å². The predicted octanol–water partition coefficient (Wildman–Crippen LogP) is 5.16. The van der Waals surface area contributed by atoms with E-state index in [1.54, 1.807) is 6.92 Å². The Morgan fingerprint density at radius 1 is 1.23 bits per heavy atom. The van der Waals surface area contributed by atoms with Gasteiger partial charge in [0.05, 0.1) is 21.9 Å². The molecule has 2 aromatic rings. The maximum absolute atomic E-state index is 13.2. The van der Waals surface area contributed by atoms with Crippen molar-refractivity contribution in [2.75, 3.05) is 11.5 Å². The normalized spacial score (nSPS) is 19.2. The summed E-state index contributed by atoms with van der Waals surface area (Å²) in [6, 6.07) is 11.8. The molecule has 4 rings (SSSR count). The number of thiophene rings is 1. The Morgan fingerprint density at radius 2 is 1.97 bits per heavy atom. The highest BCUT2D eigenvalue weighted by molar-refractivity contribution is 9.11. The molecule has 0 radical (unpaired) electrons. The first-order valence-electron chi connectivity index (χ1n) is 9.97. The first kappa shape index (κ1) is 20.9. The van der Waals surface area contributed by atoms with Crippen LogP contribution in [0.4, 0.5) is 5.69 Å². The molecule has 2 N–H and O–H groups in total. The number of esters is 1. The van der Waals surface area contributed by atoms with Gasteiger partial charge in [-0.2, -0.15) is 0 Å². The number of benzene rings is 1. The van der Waals surface area contributed by atoms with Crippen LogP contribution in [0, 0.1) is 6.92 Å². The number of ether oxygens (including phenoxy) is 1. The van der Waals surface area contributed by atoms with Crippen LogP contribution in [0.2, 0.25) is 0 Å². The third-order valence-corrected chi connectivity index (χ3v) is 7.15. The number of allylic oxidation sites excluding steroid dienone is 2. The zero-order valence-electron chi connectivity index (χ0n) is 16.9. The standard InChI is InChI=1S/C23H23BrN2O3S/c1-3-29-23(28)21-20(17-11-12-18(24)30-17)19-15(5-4-6-16(19)27)26(22(21)25)14-9-7-13(2)8-10-14/h7-12,20H,3-6,25H2,1-2H3. The molecule has 156 valence electrons. The van der Waals surface area contributed by atoms with Gasteiger partial charge < -0.3 is 10.5 Å². The number of halogens is 1. The second-order valence-corrected chi connectivity index (χ2v) is 9.90. The number of hydrogen-bond donors (Lipinski definition) is 1. The van der Waals surface area contributed by atoms with E-state index in [-0.39, 0.29) is 12.4 Å². The molecule has 1 aliphatic carbocycles. The lowest BCUT2D eigenvalue weighted by molar-refractivity contribution is -0.138. The predicted molar refractivity (Wildman–Crippen MR) is 122 cm³/mol. The molecule has 0 fully saturated rings. The van der Waals surface area contributed by atoms with Gasteiger partial charge in [-0.25, -0.2) is 4.79 Å². The molecule has 0 bridgehead atoms. The van der Waals surface area contributed by atoms with E-state index in [0.717, 1.165) is 38.5 Å². The summed E-state index contributed by atoms with van der Waals surface area (Å²) >= 11 is 5.01. The first-order valence-corrected chi connectivity index (χ1v) is 11.6. The Morgan fingerprint density at radius 3 is 2.60 bits per heavy atom. The van der Waals surface area contributed by atoms with Crippen molar-refractivity contribution in [2.24, 2.45) is 5.73 Å². The topological polar surface area (TPSA) is 72.6 Å². The Bertz CT molecular complexity index is 1070. The van der Waals surface area contributed by atoms with Crippen LogP contribution in [-0.4, -0.2) is 18.4 Å². The zero-order valence-corrected chi connectivity index (χ0v) is 19.3. The summed E-state index contributed by atoms with van der Waals surface area (Å²) in [6.45, 7) is 4.02. The molecular weight excluding hydrogens is 464 g/mol. The van der Waals surface area contributed by atoms with Crippen LogP contribution >= 0.6 is 27.3 Å². The molecule has 1 unspecified atom stereocenters. The molecule has 2 heterocycles. The second-order valence-electron chi connectivity index (χ2n) is 7.40. The molecule has 0 amide bonds. The van der Waals surface area contributed by atoms with Gasteiger partial charge in [-0.15, -0.1) is 11.3 Å². The smallest absolute Gasteiger partial charge is 0.338 e. The van der Waals surface area contributed by atoms with Crippen molar-refractivity contribution in [1.29, 1.82) is 0 Å². The molecule has 1 aromatic heterocycles. The Hall–Kier alpha value is -2.38. The quantitative estimate of drug-likeness (QED) is 0.603. The molecule has 5 nitrogen and oxygen atoms in total. The number of hydrogen-bond acceptors (Lipinski definition) is 6. The summed E-state index contributed by atoms with van der Waals surface area (Å²) in [5.41, 5.74) is 10.5. The summed E-state index contributed by atoms with van der Waals surface area (Å²) in [5.74, 6) is -0.589. The Kier molecular flexibility index (Phi) is 5.84. The van der Waals surface area contributed by atoms with Crippen LogP contribution in [-0.2, 0) is 14.3 Å². The van der Waals surface area contributed by atoms with Crippen LogP contribution < -0.4 is 10.6 Å². The van der Waals surface area contributed by atoms with Gasteiger partial charge in [-0.1, -0.05) is 17.7 Å². The van der Waals surface area contributed by atoms with Crippen LogP contribution in [0.25, 0.3) is 0 Å². The van der Waals surface area contributed by atoms with Crippen LogP contribution in [0.3, 0.4) is 0 Å². The number of nitrogens with two attached hydrogens (primary N) is 1. The van der Waals surface area contributed by atoms with Gasteiger partial charge in [-0.3, -0.25) is 9.69 Å². The first-order chi connectivity index (χ1) is 14.4. The number of aryl methyl sites for hydroxylation is 1. The highest BCUT2D eigenvalue weighted by atomic mass is 79.9. The van der Waals surface area contributed by atoms with Gasteiger partial charge in [0, 0.05) is 28.3 Å². The van der Waals surface area contributed by atoms with Gasteiger partial charge in [0.25, 0.3) is 0 Å². The average Bonchev–Trinajstić information content (AvgIpc) is 3.14. The highest BCUT2D eigenvalue weighted by Crippen LogP contribution is 2.48. The molecular formula is C23H23BrN2O3S. The molecule has 0 saturated carbocycles. The fourth-order valence-corrected chi connectivity index (χ4v) is 5.70. The number of Topliss-reactive ketones (excluding diaryl/α,β-unsaturated/α-hetero) is 1. The SMILES string of the molecule is CCOC(=O)C1=C(N)N(c2ccc(C)cc2)C2=C(C(=O)CCC2)C1c1ccc(Br)s1.